The number of morpholine rings is 1. The molecule has 1 fully saturated rings. The molecule has 3 rings (SSSR count). The second kappa shape index (κ2) is 5.33. The van der Waals surface area contributed by atoms with Gasteiger partial charge in [-0.1, -0.05) is 24.3 Å². The largest absolute Gasteiger partial charge is 0.399 e. The molecular formula is C16H18N2O. The van der Waals surface area contributed by atoms with Crippen LogP contribution in [0.25, 0.3) is 11.1 Å². The molecule has 0 spiro atoms. The smallest absolute Gasteiger partial charge is 0.0642 e. The Morgan fingerprint density at radius 1 is 0.895 bits per heavy atom. The van der Waals surface area contributed by atoms with Crippen LogP contribution in [0, 0.1) is 0 Å². The standard InChI is InChI=1S/C16H18N2O/c17-15-3-1-2-14(12-15)13-4-6-16(7-5-13)18-8-10-19-11-9-18/h1-7,12H,8-11,17H2. The zero-order valence-corrected chi connectivity index (χ0v) is 10.9. The molecule has 0 amide bonds. The Morgan fingerprint density at radius 2 is 1.63 bits per heavy atom. The van der Waals surface area contributed by atoms with E-state index in [0.29, 0.717) is 0 Å². The molecule has 0 radical (unpaired) electrons. The fourth-order valence-corrected chi connectivity index (χ4v) is 2.40. The van der Waals surface area contributed by atoms with Crippen LogP contribution in [0.15, 0.2) is 48.5 Å². The highest BCUT2D eigenvalue weighted by atomic mass is 16.5. The van der Waals surface area contributed by atoms with Crippen molar-refractivity contribution in [3.63, 3.8) is 0 Å². The summed E-state index contributed by atoms with van der Waals surface area (Å²) in [6.07, 6.45) is 0. The Balaban J connectivity index is 1.82. The number of ether oxygens (including phenoxy) is 1. The van der Waals surface area contributed by atoms with Gasteiger partial charge in [-0.25, -0.2) is 0 Å². The molecule has 0 saturated carbocycles. The van der Waals surface area contributed by atoms with Crippen molar-refractivity contribution in [2.45, 2.75) is 0 Å². The molecule has 2 N–H and O–H groups in total. The molecule has 0 unspecified atom stereocenters. The fraction of sp³-hybridized carbons (Fsp3) is 0.250. The summed E-state index contributed by atoms with van der Waals surface area (Å²) >= 11 is 0. The van der Waals surface area contributed by atoms with E-state index in [4.69, 9.17) is 10.5 Å². The van der Waals surface area contributed by atoms with Crippen molar-refractivity contribution >= 4 is 11.4 Å². The van der Waals surface area contributed by atoms with Crippen LogP contribution in [-0.4, -0.2) is 26.3 Å². The number of nitrogen functional groups attached to an aromatic ring is 1. The molecule has 1 saturated heterocycles. The van der Waals surface area contributed by atoms with Crippen LogP contribution < -0.4 is 10.6 Å². The first-order valence-corrected chi connectivity index (χ1v) is 6.61. The number of benzene rings is 2. The molecule has 2 aromatic rings. The quantitative estimate of drug-likeness (QED) is 0.837. The van der Waals surface area contributed by atoms with Gasteiger partial charge in [0, 0.05) is 24.5 Å². The van der Waals surface area contributed by atoms with E-state index >= 15 is 0 Å². The Morgan fingerprint density at radius 3 is 2.32 bits per heavy atom. The first-order valence-electron chi connectivity index (χ1n) is 6.61. The van der Waals surface area contributed by atoms with Gasteiger partial charge >= 0.3 is 0 Å². The highest BCUT2D eigenvalue weighted by Crippen LogP contribution is 2.24. The summed E-state index contributed by atoms with van der Waals surface area (Å²) in [5, 5.41) is 0. The molecule has 0 bridgehead atoms. The van der Waals surface area contributed by atoms with Gasteiger partial charge in [-0.15, -0.1) is 0 Å². The van der Waals surface area contributed by atoms with Crippen molar-refractivity contribution in [2.75, 3.05) is 36.9 Å². The predicted molar refractivity (Wildman–Crippen MR) is 79.3 cm³/mol. The van der Waals surface area contributed by atoms with Gasteiger partial charge in [0.15, 0.2) is 0 Å². The summed E-state index contributed by atoms with van der Waals surface area (Å²) in [6, 6.07) is 16.6. The lowest BCUT2D eigenvalue weighted by molar-refractivity contribution is 0.122. The third-order valence-corrected chi connectivity index (χ3v) is 3.46. The summed E-state index contributed by atoms with van der Waals surface area (Å²) in [7, 11) is 0. The molecule has 1 aliphatic rings. The van der Waals surface area contributed by atoms with Crippen LogP contribution >= 0.6 is 0 Å². The van der Waals surface area contributed by atoms with Crippen LogP contribution in [-0.2, 0) is 4.74 Å². The molecule has 98 valence electrons. The van der Waals surface area contributed by atoms with E-state index in [2.05, 4.69) is 35.2 Å². The van der Waals surface area contributed by atoms with Crippen molar-refractivity contribution < 1.29 is 4.74 Å². The van der Waals surface area contributed by atoms with Crippen LogP contribution in [0.4, 0.5) is 11.4 Å². The zero-order valence-electron chi connectivity index (χ0n) is 10.9. The first-order chi connectivity index (χ1) is 9.33. The van der Waals surface area contributed by atoms with Crippen LogP contribution in [0.3, 0.4) is 0 Å². The van der Waals surface area contributed by atoms with E-state index in [1.54, 1.807) is 0 Å². The van der Waals surface area contributed by atoms with Crippen LogP contribution in [0.2, 0.25) is 0 Å². The van der Waals surface area contributed by atoms with Crippen molar-refractivity contribution in [3.05, 3.63) is 48.5 Å². The molecule has 1 heterocycles. The summed E-state index contributed by atoms with van der Waals surface area (Å²) < 4.78 is 5.37. The van der Waals surface area contributed by atoms with Crippen molar-refractivity contribution in [1.29, 1.82) is 0 Å². The molecule has 0 aromatic heterocycles. The maximum Gasteiger partial charge on any atom is 0.0642 e. The first kappa shape index (κ1) is 12.1. The molecule has 2 aromatic carbocycles. The third kappa shape index (κ3) is 2.71. The molecule has 0 aliphatic carbocycles. The van der Waals surface area contributed by atoms with Crippen molar-refractivity contribution in [2.24, 2.45) is 0 Å². The lowest BCUT2D eigenvalue weighted by atomic mass is 10.0. The molecule has 0 atom stereocenters. The number of hydrogen-bond acceptors (Lipinski definition) is 3. The maximum atomic E-state index is 5.82. The predicted octanol–water partition coefficient (Wildman–Crippen LogP) is 2.77. The van der Waals surface area contributed by atoms with E-state index in [1.165, 1.54) is 11.3 Å². The molecule has 3 nitrogen and oxygen atoms in total. The van der Waals surface area contributed by atoms with E-state index < -0.39 is 0 Å². The second-order valence-electron chi connectivity index (χ2n) is 4.77. The highest BCUT2D eigenvalue weighted by Gasteiger charge is 2.10. The minimum absolute atomic E-state index is 0.801. The van der Waals surface area contributed by atoms with Crippen molar-refractivity contribution in [3.8, 4) is 11.1 Å². The number of anilines is 2. The minimum atomic E-state index is 0.801. The normalized spacial score (nSPS) is 15.5. The van der Waals surface area contributed by atoms with E-state index in [9.17, 15) is 0 Å². The van der Waals surface area contributed by atoms with Gasteiger partial charge < -0.3 is 15.4 Å². The molecule has 1 aliphatic heterocycles. The van der Waals surface area contributed by atoms with Crippen LogP contribution in [0.1, 0.15) is 0 Å². The number of rotatable bonds is 2. The van der Waals surface area contributed by atoms with Gasteiger partial charge in [0.05, 0.1) is 13.2 Å². The average molecular weight is 254 g/mol. The Labute approximate surface area is 113 Å². The Hall–Kier alpha value is -2.00. The highest BCUT2D eigenvalue weighted by molar-refractivity contribution is 5.69. The summed E-state index contributed by atoms with van der Waals surface area (Å²) in [6.45, 7) is 3.57. The van der Waals surface area contributed by atoms with E-state index in [0.717, 1.165) is 37.6 Å². The molecule has 19 heavy (non-hydrogen) atoms. The summed E-state index contributed by atoms with van der Waals surface area (Å²) in [5.74, 6) is 0. The lowest BCUT2D eigenvalue weighted by Crippen LogP contribution is -2.36. The number of nitrogens with two attached hydrogens (primary N) is 1. The number of nitrogens with zero attached hydrogens (tertiary/aromatic N) is 1. The van der Waals surface area contributed by atoms with Crippen LogP contribution in [0.5, 0.6) is 0 Å². The van der Waals surface area contributed by atoms with Crippen molar-refractivity contribution in [1.82, 2.24) is 0 Å². The second-order valence-corrected chi connectivity index (χ2v) is 4.77. The van der Waals surface area contributed by atoms with Gasteiger partial charge in [-0.3, -0.25) is 0 Å². The SMILES string of the molecule is Nc1cccc(-c2ccc(N3CCOCC3)cc2)c1. The summed E-state index contributed by atoms with van der Waals surface area (Å²) in [4.78, 5) is 2.35. The van der Waals surface area contributed by atoms with Gasteiger partial charge in [-0.05, 0) is 35.4 Å². The van der Waals surface area contributed by atoms with E-state index in [1.807, 2.05) is 18.2 Å². The third-order valence-electron chi connectivity index (χ3n) is 3.46. The van der Waals surface area contributed by atoms with Gasteiger partial charge in [-0.2, -0.15) is 0 Å². The Kier molecular flexibility index (Phi) is 3.38. The molecule has 3 heteroatoms. The lowest BCUT2D eigenvalue weighted by Gasteiger charge is -2.28. The molecular weight excluding hydrogens is 236 g/mol. The fourth-order valence-electron chi connectivity index (χ4n) is 2.40. The zero-order chi connectivity index (χ0) is 13.1. The monoisotopic (exact) mass is 254 g/mol. The van der Waals surface area contributed by atoms with Gasteiger partial charge in [0.1, 0.15) is 0 Å². The Bertz CT molecular complexity index is 545. The van der Waals surface area contributed by atoms with Gasteiger partial charge in [0.25, 0.3) is 0 Å². The average Bonchev–Trinajstić information content (AvgIpc) is 2.48. The topological polar surface area (TPSA) is 38.5 Å². The van der Waals surface area contributed by atoms with E-state index in [-0.39, 0.29) is 0 Å². The van der Waals surface area contributed by atoms with Gasteiger partial charge in [0.2, 0.25) is 0 Å². The minimum Gasteiger partial charge on any atom is -0.399 e. The number of hydrogen-bond donors (Lipinski definition) is 1. The maximum absolute atomic E-state index is 5.82. The summed E-state index contributed by atoms with van der Waals surface area (Å²) in [5.41, 5.74) is 10.2.